The molecule has 1 aliphatic carbocycles. The molecule has 0 aliphatic heterocycles. The van der Waals surface area contributed by atoms with Gasteiger partial charge < -0.3 is 4.74 Å². The molecule has 0 unspecified atom stereocenters. The average Bonchev–Trinajstić information content (AvgIpc) is 3.26. The van der Waals surface area contributed by atoms with E-state index in [2.05, 4.69) is 9.97 Å². The van der Waals surface area contributed by atoms with Crippen LogP contribution in [0.3, 0.4) is 0 Å². The van der Waals surface area contributed by atoms with Crippen molar-refractivity contribution in [1.82, 2.24) is 15.0 Å². The molecule has 134 valence electrons. The number of pyridine rings is 1. The van der Waals surface area contributed by atoms with Gasteiger partial charge in [-0.3, -0.25) is 4.98 Å². The molecule has 7 heteroatoms. The van der Waals surface area contributed by atoms with Gasteiger partial charge in [0.25, 0.3) is 0 Å². The second-order valence-electron chi connectivity index (χ2n) is 6.31. The Morgan fingerprint density at radius 3 is 2.78 bits per heavy atom. The number of hydrogen-bond donors (Lipinski definition) is 0. The summed E-state index contributed by atoms with van der Waals surface area (Å²) in [6, 6.07) is 7.15. The number of nitrogens with zero attached hydrogens (tertiary/aromatic N) is 3. The molecule has 3 aromatic heterocycles. The highest BCUT2D eigenvalue weighted by molar-refractivity contribution is 7.19. The van der Waals surface area contributed by atoms with Crippen molar-refractivity contribution in [3.8, 4) is 23.0 Å². The molecular weight excluding hydrogens is 368 g/mol. The number of rotatable bonds is 3. The van der Waals surface area contributed by atoms with E-state index in [0.717, 1.165) is 47.2 Å². The topological polar surface area (TPSA) is 47.9 Å². The summed E-state index contributed by atoms with van der Waals surface area (Å²) in [5.41, 5.74) is 1.97. The first-order chi connectivity index (χ1) is 13.2. The molecule has 0 atom stereocenters. The summed E-state index contributed by atoms with van der Waals surface area (Å²) >= 11 is 1.64. The Bertz CT molecular complexity index is 1160. The molecule has 4 nitrogen and oxygen atoms in total. The maximum absolute atomic E-state index is 13.6. The summed E-state index contributed by atoms with van der Waals surface area (Å²) in [6.45, 7) is 0. The van der Waals surface area contributed by atoms with Crippen molar-refractivity contribution < 1.29 is 13.5 Å². The number of aromatic nitrogens is 3. The fourth-order valence-electron chi connectivity index (χ4n) is 3.31. The molecule has 27 heavy (non-hydrogen) atoms. The maximum Gasteiger partial charge on any atom is 0.231 e. The predicted octanol–water partition coefficient (Wildman–Crippen LogP) is 5.31. The van der Waals surface area contributed by atoms with Gasteiger partial charge in [-0.2, -0.15) is 4.98 Å². The summed E-state index contributed by atoms with van der Waals surface area (Å²) in [4.78, 5) is 15.5. The molecule has 4 aromatic rings. The van der Waals surface area contributed by atoms with Crippen LogP contribution >= 0.6 is 11.3 Å². The zero-order valence-electron chi connectivity index (χ0n) is 14.1. The molecule has 1 aromatic carbocycles. The van der Waals surface area contributed by atoms with Crippen molar-refractivity contribution in [2.45, 2.75) is 19.3 Å². The molecular formula is C20H13F2N3OS. The lowest BCUT2D eigenvalue weighted by Crippen LogP contribution is -1.97. The van der Waals surface area contributed by atoms with Crippen molar-refractivity contribution in [3.63, 3.8) is 0 Å². The molecule has 0 radical (unpaired) electrons. The Kier molecular flexibility index (Phi) is 3.82. The Labute approximate surface area is 157 Å². The molecule has 0 N–H and O–H groups in total. The SMILES string of the molecule is Fc1ccc(Oc2nc(-c3cccnc3)nc3sc4c(c23)CCC4)cc1F. The largest absolute Gasteiger partial charge is 0.438 e. The zero-order chi connectivity index (χ0) is 18.4. The molecule has 0 saturated carbocycles. The minimum absolute atomic E-state index is 0.198. The highest BCUT2D eigenvalue weighted by atomic mass is 32.1. The Morgan fingerprint density at radius 2 is 1.96 bits per heavy atom. The number of halogens is 2. The fourth-order valence-corrected chi connectivity index (χ4v) is 4.56. The second-order valence-corrected chi connectivity index (χ2v) is 7.39. The Balaban J connectivity index is 1.69. The van der Waals surface area contributed by atoms with Gasteiger partial charge in [0.15, 0.2) is 17.5 Å². The van der Waals surface area contributed by atoms with Crippen molar-refractivity contribution >= 4 is 21.6 Å². The van der Waals surface area contributed by atoms with Crippen LogP contribution in [0.2, 0.25) is 0 Å². The second kappa shape index (κ2) is 6.35. The fraction of sp³-hybridized carbons (Fsp3) is 0.150. The van der Waals surface area contributed by atoms with Crippen LogP contribution in [0.5, 0.6) is 11.6 Å². The quantitative estimate of drug-likeness (QED) is 0.482. The molecule has 5 rings (SSSR count). The maximum atomic E-state index is 13.6. The van der Waals surface area contributed by atoms with E-state index in [1.165, 1.54) is 16.5 Å². The van der Waals surface area contributed by atoms with Crippen molar-refractivity contribution in [2.24, 2.45) is 0 Å². The van der Waals surface area contributed by atoms with Gasteiger partial charge in [-0.1, -0.05) is 0 Å². The van der Waals surface area contributed by atoms with Gasteiger partial charge in [-0.05, 0) is 49.1 Å². The lowest BCUT2D eigenvalue weighted by atomic mass is 10.2. The van der Waals surface area contributed by atoms with Crippen LogP contribution in [0, 0.1) is 11.6 Å². The predicted molar refractivity (Wildman–Crippen MR) is 99.1 cm³/mol. The molecule has 0 fully saturated rings. The normalized spacial score (nSPS) is 13.1. The standard InChI is InChI=1S/C20H13F2N3OS/c21-14-7-6-12(9-15(14)22)26-19-17-13-4-1-5-16(13)27-20(17)25-18(24-19)11-3-2-8-23-10-11/h2-3,6-10H,1,4-5H2. The lowest BCUT2D eigenvalue weighted by molar-refractivity contribution is 0.452. The third kappa shape index (κ3) is 2.84. The minimum Gasteiger partial charge on any atom is -0.438 e. The summed E-state index contributed by atoms with van der Waals surface area (Å²) in [5.74, 6) is -0.815. The summed E-state index contributed by atoms with van der Waals surface area (Å²) in [6.07, 6.45) is 6.42. The van der Waals surface area contributed by atoms with Gasteiger partial charge in [-0.15, -0.1) is 11.3 Å². The molecule has 0 amide bonds. The minimum atomic E-state index is -0.958. The van der Waals surface area contributed by atoms with Crippen LogP contribution in [0.1, 0.15) is 16.9 Å². The Morgan fingerprint density at radius 1 is 1.04 bits per heavy atom. The number of hydrogen-bond acceptors (Lipinski definition) is 5. The van der Waals surface area contributed by atoms with Gasteiger partial charge in [0.2, 0.25) is 5.88 Å². The summed E-state index contributed by atoms with van der Waals surface area (Å²) in [7, 11) is 0. The van der Waals surface area contributed by atoms with Gasteiger partial charge >= 0.3 is 0 Å². The molecule has 1 aliphatic rings. The molecule has 0 saturated heterocycles. The van der Waals surface area contributed by atoms with Crippen LogP contribution in [-0.4, -0.2) is 15.0 Å². The van der Waals surface area contributed by atoms with Crippen LogP contribution in [-0.2, 0) is 12.8 Å². The van der Waals surface area contributed by atoms with E-state index in [-0.39, 0.29) is 5.75 Å². The first-order valence-electron chi connectivity index (χ1n) is 8.54. The van der Waals surface area contributed by atoms with Gasteiger partial charge in [0.05, 0.1) is 5.39 Å². The number of fused-ring (bicyclic) bond motifs is 3. The van der Waals surface area contributed by atoms with Crippen molar-refractivity contribution in [3.05, 3.63) is 64.8 Å². The van der Waals surface area contributed by atoms with E-state index in [1.807, 2.05) is 12.1 Å². The Hall–Kier alpha value is -2.93. The number of thiophene rings is 1. The highest BCUT2D eigenvalue weighted by Crippen LogP contribution is 2.42. The van der Waals surface area contributed by atoms with Crippen LogP contribution in [0.4, 0.5) is 8.78 Å². The van der Waals surface area contributed by atoms with Gasteiger partial charge in [0, 0.05) is 28.9 Å². The lowest BCUT2D eigenvalue weighted by Gasteiger charge is -2.09. The van der Waals surface area contributed by atoms with E-state index in [9.17, 15) is 8.78 Å². The molecule has 0 bridgehead atoms. The third-order valence-corrected chi connectivity index (χ3v) is 5.74. The number of ether oxygens (including phenoxy) is 1. The van der Waals surface area contributed by atoms with Gasteiger partial charge in [0.1, 0.15) is 10.6 Å². The summed E-state index contributed by atoms with van der Waals surface area (Å²) < 4.78 is 32.8. The van der Waals surface area contributed by atoms with Crippen molar-refractivity contribution in [1.29, 1.82) is 0 Å². The van der Waals surface area contributed by atoms with Crippen LogP contribution in [0.15, 0.2) is 42.7 Å². The average molecular weight is 381 g/mol. The van der Waals surface area contributed by atoms with E-state index in [4.69, 9.17) is 9.72 Å². The smallest absolute Gasteiger partial charge is 0.231 e. The molecule has 0 spiro atoms. The number of aryl methyl sites for hydroxylation is 2. The van der Waals surface area contributed by atoms with E-state index >= 15 is 0 Å². The highest BCUT2D eigenvalue weighted by Gasteiger charge is 2.24. The monoisotopic (exact) mass is 381 g/mol. The van der Waals surface area contributed by atoms with Gasteiger partial charge in [-0.25, -0.2) is 13.8 Å². The van der Waals surface area contributed by atoms with Crippen LogP contribution < -0.4 is 4.74 Å². The molecule has 3 heterocycles. The third-order valence-electron chi connectivity index (χ3n) is 4.56. The van der Waals surface area contributed by atoms with E-state index in [1.54, 1.807) is 23.7 Å². The summed E-state index contributed by atoms with van der Waals surface area (Å²) in [5, 5.41) is 0.866. The van der Waals surface area contributed by atoms with Crippen molar-refractivity contribution in [2.75, 3.05) is 0 Å². The van der Waals surface area contributed by atoms with E-state index < -0.39 is 11.6 Å². The number of benzene rings is 1. The first-order valence-corrected chi connectivity index (χ1v) is 9.36. The van der Waals surface area contributed by atoms with E-state index in [0.29, 0.717) is 11.7 Å². The van der Waals surface area contributed by atoms with Crippen LogP contribution in [0.25, 0.3) is 21.6 Å². The zero-order valence-corrected chi connectivity index (χ0v) is 14.9. The first kappa shape index (κ1) is 16.3.